The molecule has 4 fully saturated rings. The van der Waals surface area contributed by atoms with Crippen LogP contribution in [-0.4, -0.2) is 100 Å². The van der Waals surface area contributed by atoms with Crippen molar-refractivity contribution in [2.75, 3.05) is 43.4 Å². The Labute approximate surface area is 290 Å². The molecule has 1 aromatic heterocycles. The summed E-state index contributed by atoms with van der Waals surface area (Å²) in [5.41, 5.74) is 4.50. The molecule has 2 amide bonds. The maximum Gasteiger partial charge on any atom is 0.270 e. The first-order valence-corrected chi connectivity index (χ1v) is 18.2. The lowest BCUT2D eigenvalue weighted by atomic mass is 9.93. The smallest absolute Gasteiger partial charge is 0.270 e. The van der Waals surface area contributed by atoms with E-state index >= 15 is 0 Å². The van der Waals surface area contributed by atoms with Gasteiger partial charge in [-0.3, -0.25) is 19.6 Å². The Morgan fingerprint density at radius 2 is 1.55 bits per heavy atom. The number of likely N-dealkylation sites (N-methyl/N-ethyl adjacent to an activating group) is 1. The second-order valence-electron chi connectivity index (χ2n) is 14.6. The van der Waals surface area contributed by atoms with Crippen LogP contribution in [0.1, 0.15) is 90.6 Å². The number of carbonyl (C=O) groups is 2. The van der Waals surface area contributed by atoms with E-state index in [-0.39, 0.29) is 42.1 Å². The average molecular weight is 666 g/mol. The Morgan fingerprint density at radius 1 is 0.857 bits per heavy atom. The number of hydrogen-bond acceptors (Lipinski definition) is 8. The largest absolute Gasteiger partial charge is 0.393 e. The summed E-state index contributed by atoms with van der Waals surface area (Å²) in [7, 11) is 2.17. The zero-order chi connectivity index (χ0) is 33.9. The Balaban J connectivity index is 1.05. The molecule has 1 saturated carbocycles. The van der Waals surface area contributed by atoms with Crippen LogP contribution in [0.15, 0.2) is 73.1 Å². The number of anilines is 2. The van der Waals surface area contributed by atoms with E-state index in [1.807, 2.05) is 41.4 Å². The first kappa shape index (κ1) is 33.5. The third-order valence-corrected chi connectivity index (χ3v) is 11.2. The van der Waals surface area contributed by atoms with Gasteiger partial charge in [0.05, 0.1) is 17.7 Å². The first-order chi connectivity index (χ1) is 23.8. The summed E-state index contributed by atoms with van der Waals surface area (Å²) in [5, 5.41) is 21.1. The molecule has 10 heteroatoms. The zero-order valence-corrected chi connectivity index (χ0v) is 28.9. The summed E-state index contributed by atoms with van der Waals surface area (Å²) in [6.07, 6.45) is 10.2. The number of amides is 2. The molecule has 2 aromatic carbocycles. The number of fused-ring (bicyclic) bond motifs is 2. The maximum absolute atomic E-state index is 14.3. The molecule has 0 spiro atoms. The summed E-state index contributed by atoms with van der Waals surface area (Å²) in [5.74, 6) is -0.0995. The molecule has 3 aliphatic heterocycles. The summed E-state index contributed by atoms with van der Waals surface area (Å²) >= 11 is 0. The van der Waals surface area contributed by atoms with Gasteiger partial charge in [-0.05, 0) is 113 Å². The molecule has 2 unspecified atom stereocenters. The number of hydrazine groups is 1. The number of piperazine rings is 1. The van der Waals surface area contributed by atoms with E-state index in [9.17, 15) is 14.7 Å². The lowest BCUT2D eigenvalue weighted by Gasteiger charge is -2.47. The van der Waals surface area contributed by atoms with Crippen LogP contribution in [0.25, 0.3) is 0 Å². The number of pyridine rings is 1. The lowest BCUT2D eigenvalue weighted by Crippen LogP contribution is -2.59. The second-order valence-corrected chi connectivity index (χ2v) is 14.6. The lowest BCUT2D eigenvalue weighted by molar-refractivity contribution is -0.0868. The Hall–Kier alpha value is -3.99. The second kappa shape index (κ2) is 14.9. The van der Waals surface area contributed by atoms with Crippen molar-refractivity contribution in [1.82, 2.24) is 25.2 Å². The number of rotatable bonds is 9. The van der Waals surface area contributed by atoms with Gasteiger partial charge in [-0.2, -0.15) is 0 Å². The standard InChI is InChI=1S/C39H51N7O3/c1-27(28-8-12-34(13-9-28)44-21-19-43(2)20-22-44)45(39(49)30-6-4-18-40-26-30)46-35-14-15-36(46)25-33(24-35)42-38(48)29-5-3-7-32(23-29)41-31-10-16-37(47)17-11-31/h3-9,12-13,18,23,26-27,31,33,35-37,41,47H,10-11,14-17,19-22,24-25H2,1-2H3,(H,42,48)/t27-,31?,33?,35?,36?,37?/m0/s1. The van der Waals surface area contributed by atoms with Gasteiger partial charge in [0.25, 0.3) is 11.8 Å². The number of benzene rings is 2. The van der Waals surface area contributed by atoms with Crippen LogP contribution in [0.2, 0.25) is 0 Å². The highest BCUT2D eigenvalue weighted by molar-refractivity contribution is 5.95. The number of aromatic nitrogens is 1. The van der Waals surface area contributed by atoms with Gasteiger partial charge in [0.1, 0.15) is 0 Å². The van der Waals surface area contributed by atoms with Crippen LogP contribution < -0.4 is 15.5 Å². The van der Waals surface area contributed by atoms with Crippen LogP contribution in [-0.2, 0) is 0 Å². The van der Waals surface area contributed by atoms with E-state index in [0.717, 1.165) is 88.8 Å². The van der Waals surface area contributed by atoms with Crippen LogP contribution >= 0.6 is 0 Å². The van der Waals surface area contributed by atoms with Crippen molar-refractivity contribution < 1.29 is 14.7 Å². The number of piperidine rings is 1. The van der Waals surface area contributed by atoms with Crippen LogP contribution in [0.3, 0.4) is 0 Å². The third-order valence-electron chi connectivity index (χ3n) is 11.2. The number of nitrogens with zero attached hydrogens (tertiary/aromatic N) is 5. The molecule has 3 saturated heterocycles. The van der Waals surface area contributed by atoms with Gasteiger partial charge in [0.15, 0.2) is 0 Å². The number of hydrogen-bond donors (Lipinski definition) is 3. The molecule has 4 heterocycles. The summed E-state index contributed by atoms with van der Waals surface area (Å²) in [6.45, 7) is 6.27. The van der Waals surface area contributed by atoms with Crippen LogP contribution in [0, 0.1) is 0 Å². The van der Waals surface area contributed by atoms with Crippen molar-refractivity contribution >= 4 is 23.2 Å². The van der Waals surface area contributed by atoms with Crippen molar-refractivity contribution in [1.29, 1.82) is 0 Å². The Morgan fingerprint density at radius 3 is 2.22 bits per heavy atom. The fourth-order valence-corrected chi connectivity index (χ4v) is 8.37. The van der Waals surface area contributed by atoms with Gasteiger partial charge in [-0.15, -0.1) is 0 Å². The molecule has 3 atom stereocenters. The van der Waals surface area contributed by atoms with Gasteiger partial charge >= 0.3 is 0 Å². The van der Waals surface area contributed by atoms with E-state index < -0.39 is 0 Å². The average Bonchev–Trinajstić information content (AvgIpc) is 3.38. The van der Waals surface area contributed by atoms with E-state index in [0.29, 0.717) is 17.2 Å². The predicted molar refractivity (Wildman–Crippen MR) is 192 cm³/mol. The SMILES string of the molecule is C[C@@H](c1ccc(N2CCN(C)CC2)cc1)N(C(=O)c1cccnc1)N1C2CCC1CC(NC(=O)c1cccc(NC3CCC(O)CC3)c1)C2. The van der Waals surface area contributed by atoms with Crippen molar-refractivity contribution in [3.05, 3.63) is 89.7 Å². The van der Waals surface area contributed by atoms with E-state index in [1.54, 1.807) is 12.4 Å². The molecule has 260 valence electrons. The van der Waals surface area contributed by atoms with Gasteiger partial charge < -0.3 is 25.5 Å². The van der Waals surface area contributed by atoms with E-state index in [1.165, 1.54) is 5.69 Å². The molecule has 3 aromatic rings. The summed E-state index contributed by atoms with van der Waals surface area (Å²) in [6, 6.07) is 20.6. The van der Waals surface area contributed by atoms with Gasteiger partial charge in [0, 0.05) is 79.7 Å². The molecule has 3 N–H and O–H groups in total. The molecule has 0 radical (unpaired) electrons. The minimum Gasteiger partial charge on any atom is -0.393 e. The summed E-state index contributed by atoms with van der Waals surface area (Å²) < 4.78 is 0. The number of carbonyl (C=O) groups excluding carboxylic acids is 2. The summed E-state index contributed by atoms with van der Waals surface area (Å²) in [4.78, 5) is 36.9. The molecule has 49 heavy (non-hydrogen) atoms. The molecule has 4 aliphatic rings. The molecule has 7 rings (SSSR count). The highest BCUT2D eigenvalue weighted by Crippen LogP contribution is 2.41. The molecular weight excluding hydrogens is 614 g/mol. The van der Waals surface area contributed by atoms with Gasteiger partial charge in [0.2, 0.25) is 0 Å². The molecule has 2 bridgehead atoms. The zero-order valence-electron chi connectivity index (χ0n) is 28.9. The highest BCUT2D eigenvalue weighted by atomic mass is 16.3. The third kappa shape index (κ3) is 7.61. The van der Waals surface area contributed by atoms with E-state index in [4.69, 9.17) is 0 Å². The monoisotopic (exact) mass is 665 g/mol. The van der Waals surface area contributed by atoms with Gasteiger partial charge in [-0.1, -0.05) is 18.2 Å². The van der Waals surface area contributed by atoms with Crippen LogP contribution in [0.4, 0.5) is 11.4 Å². The topological polar surface area (TPSA) is 104 Å². The quantitative estimate of drug-likeness (QED) is 0.291. The van der Waals surface area contributed by atoms with Crippen molar-refractivity contribution in [2.24, 2.45) is 0 Å². The first-order valence-electron chi connectivity index (χ1n) is 18.2. The Kier molecular flexibility index (Phi) is 10.2. The number of aliphatic hydroxyl groups excluding tert-OH is 1. The van der Waals surface area contributed by atoms with Crippen LogP contribution in [0.5, 0.6) is 0 Å². The minimum atomic E-state index is -0.195. The highest BCUT2D eigenvalue weighted by Gasteiger charge is 2.47. The number of aliphatic hydroxyl groups is 1. The normalized spacial score (nSPS) is 26.6. The van der Waals surface area contributed by atoms with Crippen molar-refractivity contribution in [3.63, 3.8) is 0 Å². The Bertz CT molecular complexity index is 1560. The minimum absolute atomic E-state index is 0.0335. The molecule has 10 nitrogen and oxygen atoms in total. The van der Waals surface area contributed by atoms with E-state index in [2.05, 4.69) is 68.7 Å². The van der Waals surface area contributed by atoms with Crippen molar-refractivity contribution in [3.8, 4) is 0 Å². The van der Waals surface area contributed by atoms with Gasteiger partial charge in [-0.25, -0.2) is 5.01 Å². The maximum atomic E-state index is 14.3. The molecule has 1 aliphatic carbocycles. The molecular formula is C39H51N7O3. The fourth-order valence-electron chi connectivity index (χ4n) is 8.37. The fraction of sp³-hybridized carbons (Fsp3) is 0.513. The van der Waals surface area contributed by atoms with Crippen molar-refractivity contribution in [2.45, 2.75) is 94.6 Å². The number of nitrogens with one attached hydrogen (secondary N) is 2. The predicted octanol–water partition coefficient (Wildman–Crippen LogP) is 5.09.